The minimum absolute atomic E-state index is 0.514. The molecule has 1 N–H and O–H groups in total. The van der Waals surface area contributed by atoms with Crippen molar-refractivity contribution in [2.75, 3.05) is 6.54 Å². The predicted octanol–water partition coefficient (Wildman–Crippen LogP) is 2.74. The molecule has 0 aromatic carbocycles. The van der Waals surface area contributed by atoms with Crippen LogP contribution in [0.4, 0.5) is 0 Å². The Morgan fingerprint density at radius 2 is 2.27 bits per heavy atom. The molecule has 0 aliphatic heterocycles. The molecule has 2 fully saturated rings. The standard InChI is InChI=1S/C13H19NO/c1-3-12(15-8-1)9-13(6-2-7-13)10-14-11-4-5-11/h1,3,8,11,14H,2,4-7,9-10H2. The van der Waals surface area contributed by atoms with Crippen LogP contribution < -0.4 is 5.32 Å². The van der Waals surface area contributed by atoms with E-state index < -0.39 is 0 Å². The molecular weight excluding hydrogens is 186 g/mol. The highest BCUT2D eigenvalue weighted by Crippen LogP contribution is 2.43. The Balaban J connectivity index is 1.58. The van der Waals surface area contributed by atoms with E-state index in [0.29, 0.717) is 5.41 Å². The summed E-state index contributed by atoms with van der Waals surface area (Å²) in [6.45, 7) is 1.19. The highest BCUT2D eigenvalue weighted by Gasteiger charge is 2.38. The topological polar surface area (TPSA) is 25.2 Å². The maximum atomic E-state index is 5.46. The molecule has 1 heterocycles. The van der Waals surface area contributed by atoms with Gasteiger partial charge in [0.2, 0.25) is 0 Å². The maximum absolute atomic E-state index is 5.46. The molecule has 3 rings (SSSR count). The van der Waals surface area contributed by atoms with Gasteiger partial charge in [0.25, 0.3) is 0 Å². The third-order valence-corrected chi connectivity index (χ3v) is 3.89. The van der Waals surface area contributed by atoms with Crippen molar-refractivity contribution in [1.82, 2.24) is 5.32 Å². The highest BCUT2D eigenvalue weighted by atomic mass is 16.3. The lowest BCUT2D eigenvalue weighted by atomic mass is 9.66. The molecule has 2 aliphatic rings. The fourth-order valence-corrected chi connectivity index (χ4v) is 2.52. The number of hydrogen-bond acceptors (Lipinski definition) is 2. The van der Waals surface area contributed by atoms with E-state index in [0.717, 1.165) is 18.2 Å². The van der Waals surface area contributed by atoms with Crippen LogP contribution in [0.15, 0.2) is 22.8 Å². The summed E-state index contributed by atoms with van der Waals surface area (Å²) in [5.41, 5.74) is 0.514. The van der Waals surface area contributed by atoms with Gasteiger partial charge >= 0.3 is 0 Å². The van der Waals surface area contributed by atoms with Gasteiger partial charge in [0.1, 0.15) is 5.76 Å². The van der Waals surface area contributed by atoms with Crippen molar-refractivity contribution >= 4 is 0 Å². The summed E-state index contributed by atoms with van der Waals surface area (Å²) in [7, 11) is 0. The lowest BCUT2D eigenvalue weighted by molar-refractivity contribution is 0.121. The molecule has 0 saturated heterocycles. The van der Waals surface area contributed by atoms with Gasteiger partial charge in [0.15, 0.2) is 0 Å². The number of nitrogens with one attached hydrogen (secondary N) is 1. The van der Waals surface area contributed by atoms with Gasteiger partial charge in [-0.25, -0.2) is 0 Å². The highest BCUT2D eigenvalue weighted by molar-refractivity contribution is 5.05. The zero-order valence-electron chi connectivity index (χ0n) is 9.17. The molecule has 1 aromatic heterocycles. The lowest BCUT2D eigenvalue weighted by Crippen LogP contribution is -2.42. The lowest BCUT2D eigenvalue weighted by Gasteiger charge is -2.41. The van der Waals surface area contributed by atoms with Gasteiger partial charge < -0.3 is 9.73 Å². The van der Waals surface area contributed by atoms with E-state index >= 15 is 0 Å². The summed E-state index contributed by atoms with van der Waals surface area (Å²) in [6.07, 6.45) is 9.82. The van der Waals surface area contributed by atoms with Crippen LogP contribution in [0.25, 0.3) is 0 Å². The predicted molar refractivity (Wildman–Crippen MR) is 59.7 cm³/mol. The third-order valence-electron chi connectivity index (χ3n) is 3.89. The van der Waals surface area contributed by atoms with Crippen LogP contribution in [-0.4, -0.2) is 12.6 Å². The summed E-state index contributed by atoms with van der Waals surface area (Å²) >= 11 is 0. The van der Waals surface area contributed by atoms with Crippen LogP contribution in [-0.2, 0) is 6.42 Å². The van der Waals surface area contributed by atoms with Gasteiger partial charge in [-0.15, -0.1) is 0 Å². The molecule has 0 unspecified atom stereocenters. The van der Waals surface area contributed by atoms with E-state index in [2.05, 4.69) is 11.4 Å². The van der Waals surface area contributed by atoms with Gasteiger partial charge in [-0.05, 0) is 43.2 Å². The first-order valence-corrected chi connectivity index (χ1v) is 6.12. The van der Waals surface area contributed by atoms with Gasteiger partial charge in [0.05, 0.1) is 6.26 Å². The minimum atomic E-state index is 0.514. The molecule has 0 atom stereocenters. The fraction of sp³-hybridized carbons (Fsp3) is 0.692. The van der Waals surface area contributed by atoms with E-state index in [9.17, 15) is 0 Å². The molecule has 2 heteroatoms. The van der Waals surface area contributed by atoms with E-state index in [1.54, 1.807) is 6.26 Å². The summed E-state index contributed by atoms with van der Waals surface area (Å²) < 4.78 is 5.46. The van der Waals surface area contributed by atoms with Gasteiger partial charge in [-0.3, -0.25) is 0 Å². The second kappa shape index (κ2) is 3.67. The first kappa shape index (κ1) is 9.46. The van der Waals surface area contributed by atoms with Crippen molar-refractivity contribution < 1.29 is 4.42 Å². The van der Waals surface area contributed by atoms with Gasteiger partial charge in [-0.2, -0.15) is 0 Å². The smallest absolute Gasteiger partial charge is 0.104 e. The number of furan rings is 1. The summed E-state index contributed by atoms with van der Waals surface area (Å²) in [4.78, 5) is 0. The van der Waals surface area contributed by atoms with Crippen molar-refractivity contribution in [2.45, 2.75) is 44.6 Å². The van der Waals surface area contributed by atoms with Crippen molar-refractivity contribution in [1.29, 1.82) is 0 Å². The quantitative estimate of drug-likeness (QED) is 0.799. The Labute approximate surface area is 91.0 Å². The largest absolute Gasteiger partial charge is 0.469 e. The minimum Gasteiger partial charge on any atom is -0.469 e. The zero-order chi connectivity index (χ0) is 10.1. The van der Waals surface area contributed by atoms with Crippen LogP contribution >= 0.6 is 0 Å². The Kier molecular flexibility index (Phi) is 2.32. The molecule has 0 radical (unpaired) electrons. The van der Waals surface area contributed by atoms with E-state index in [-0.39, 0.29) is 0 Å². The van der Waals surface area contributed by atoms with Crippen molar-refractivity contribution in [3.05, 3.63) is 24.2 Å². The second-order valence-corrected chi connectivity index (χ2v) is 5.26. The molecule has 82 valence electrons. The van der Waals surface area contributed by atoms with Crippen molar-refractivity contribution in [2.24, 2.45) is 5.41 Å². The van der Waals surface area contributed by atoms with Crippen LogP contribution in [0, 0.1) is 5.41 Å². The molecule has 2 aliphatic carbocycles. The molecule has 1 aromatic rings. The average Bonchev–Trinajstić information content (AvgIpc) is 2.87. The first-order chi connectivity index (χ1) is 7.36. The normalized spacial score (nSPS) is 23.7. The van der Waals surface area contributed by atoms with E-state index in [1.807, 2.05) is 6.07 Å². The van der Waals surface area contributed by atoms with Gasteiger partial charge in [0, 0.05) is 19.0 Å². The van der Waals surface area contributed by atoms with Crippen molar-refractivity contribution in [3.63, 3.8) is 0 Å². The fourth-order valence-electron chi connectivity index (χ4n) is 2.52. The van der Waals surface area contributed by atoms with Crippen LogP contribution in [0.5, 0.6) is 0 Å². The molecule has 0 bridgehead atoms. The van der Waals surface area contributed by atoms with Crippen LogP contribution in [0.3, 0.4) is 0 Å². The van der Waals surface area contributed by atoms with E-state index in [4.69, 9.17) is 4.42 Å². The zero-order valence-corrected chi connectivity index (χ0v) is 9.17. The molecule has 0 amide bonds. The Morgan fingerprint density at radius 1 is 1.40 bits per heavy atom. The Hall–Kier alpha value is -0.760. The van der Waals surface area contributed by atoms with E-state index in [1.165, 1.54) is 38.6 Å². The molecule has 2 saturated carbocycles. The first-order valence-electron chi connectivity index (χ1n) is 6.12. The molecule has 0 spiro atoms. The third kappa shape index (κ3) is 2.10. The SMILES string of the molecule is c1coc(CC2(CNC3CC3)CCC2)c1. The number of rotatable bonds is 5. The molecule has 2 nitrogen and oxygen atoms in total. The average molecular weight is 205 g/mol. The maximum Gasteiger partial charge on any atom is 0.104 e. The number of hydrogen-bond donors (Lipinski definition) is 1. The summed E-state index contributed by atoms with van der Waals surface area (Å²) in [6, 6.07) is 4.94. The monoisotopic (exact) mass is 205 g/mol. The second-order valence-electron chi connectivity index (χ2n) is 5.26. The Bertz CT molecular complexity index is 309. The summed E-state index contributed by atoms with van der Waals surface area (Å²) in [5.74, 6) is 1.16. The molecule has 15 heavy (non-hydrogen) atoms. The van der Waals surface area contributed by atoms with Gasteiger partial charge in [-0.1, -0.05) is 6.42 Å². The Morgan fingerprint density at radius 3 is 2.80 bits per heavy atom. The summed E-state index contributed by atoms with van der Waals surface area (Å²) in [5, 5.41) is 3.67. The van der Waals surface area contributed by atoms with Crippen LogP contribution in [0.2, 0.25) is 0 Å². The van der Waals surface area contributed by atoms with Crippen LogP contribution in [0.1, 0.15) is 37.9 Å². The van der Waals surface area contributed by atoms with Crippen molar-refractivity contribution in [3.8, 4) is 0 Å². The molecular formula is C13H19NO.